The predicted octanol–water partition coefficient (Wildman–Crippen LogP) is 2.40. The van der Waals surface area contributed by atoms with E-state index in [-0.39, 0.29) is 27.4 Å². The van der Waals surface area contributed by atoms with E-state index in [0.29, 0.717) is 0 Å². The molecule has 0 fully saturated rings. The molecule has 1 amide bonds. The van der Waals surface area contributed by atoms with Gasteiger partial charge >= 0.3 is 0 Å². The first kappa shape index (κ1) is 16.9. The molecule has 0 spiro atoms. The average Bonchev–Trinajstić information content (AvgIpc) is 2.37. The van der Waals surface area contributed by atoms with Gasteiger partial charge in [-0.05, 0) is 13.0 Å². The third-order valence-corrected chi connectivity index (χ3v) is 4.68. The first-order valence-electron chi connectivity index (χ1n) is 5.48. The molecule has 6 nitrogen and oxygen atoms in total. The molecule has 0 saturated carbocycles. The molecule has 0 aliphatic heterocycles. The molecule has 2 atom stereocenters. The first-order chi connectivity index (χ1) is 9.23. The van der Waals surface area contributed by atoms with Gasteiger partial charge in [0.15, 0.2) is 0 Å². The van der Waals surface area contributed by atoms with E-state index in [1.807, 2.05) is 0 Å². The largest absolute Gasteiger partial charge is 0.351 e. The maximum Gasteiger partial charge on any atom is 0.290 e. The minimum Gasteiger partial charge on any atom is -0.351 e. The molecule has 2 unspecified atom stereocenters. The van der Waals surface area contributed by atoms with E-state index in [4.69, 9.17) is 23.2 Å². The monoisotopic (exact) mass is 338 g/mol. The quantitative estimate of drug-likeness (QED) is 0.659. The van der Waals surface area contributed by atoms with Crippen LogP contribution in [-0.4, -0.2) is 33.1 Å². The fourth-order valence-corrected chi connectivity index (χ4v) is 2.00. The topological polar surface area (TPSA) is 89.3 Å². The van der Waals surface area contributed by atoms with E-state index >= 15 is 0 Å². The molecule has 0 bridgehead atoms. The number of amides is 1. The molecule has 1 rings (SSSR count). The SMILES string of the molecule is CC(CNC(=O)c1cc(Cl)c(Cl)c([N+](=O)[O-])c1)S(C)=O. The molecule has 0 aliphatic rings. The van der Waals surface area contributed by atoms with Crippen LogP contribution in [0.15, 0.2) is 12.1 Å². The molecular formula is C11H12Cl2N2O4S. The highest BCUT2D eigenvalue weighted by Gasteiger charge is 2.20. The Morgan fingerprint density at radius 3 is 2.60 bits per heavy atom. The Labute approximate surface area is 128 Å². The van der Waals surface area contributed by atoms with Crippen LogP contribution in [0.2, 0.25) is 10.0 Å². The zero-order valence-electron chi connectivity index (χ0n) is 10.7. The minimum atomic E-state index is -1.07. The molecule has 1 aromatic rings. The zero-order valence-corrected chi connectivity index (χ0v) is 13.0. The van der Waals surface area contributed by atoms with Gasteiger partial charge in [-0.3, -0.25) is 19.1 Å². The molecule has 110 valence electrons. The fourth-order valence-electron chi connectivity index (χ4n) is 1.29. The molecule has 1 aromatic carbocycles. The van der Waals surface area contributed by atoms with E-state index in [0.717, 1.165) is 6.07 Å². The highest BCUT2D eigenvalue weighted by atomic mass is 35.5. The summed E-state index contributed by atoms with van der Waals surface area (Å²) in [7, 11) is -1.07. The smallest absolute Gasteiger partial charge is 0.290 e. The van der Waals surface area contributed by atoms with Crippen LogP contribution in [0.5, 0.6) is 0 Å². The third-order valence-electron chi connectivity index (χ3n) is 2.58. The van der Waals surface area contributed by atoms with E-state index in [9.17, 15) is 19.1 Å². The van der Waals surface area contributed by atoms with Crippen molar-refractivity contribution in [1.82, 2.24) is 5.32 Å². The summed E-state index contributed by atoms with van der Waals surface area (Å²) in [6.07, 6.45) is 1.53. The van der Waals surface area contributed by atoms with E-state index in [1.54, 1.807) is 6.92 Å². The van der Waals surface area contributed by atoms with Crippen molar-refractivity contribution in [2.24, 2.45) is 0 Å². The molecule has 0 radical (unpaired) electrons. The van der Waals surface area contributed by atoms with Crippen LogP contribution in [0, 0.1) is 10.1 Å². The van der Waals surface area contributed by atoms with Crippen molar-refractivity contribution in [3.63, 3.8) is 0 Å². The predicted molar refractivity (Wildman–Crippen MR) is 79.0 cm³/mol. The summed E-state index contributed by atoms with van der Waals surface area (Å²) >= 11 is 11.4. The van der Waals surface area contributed by atoms with Crippen LogP contribution in [0.3, 0.4) is 0 Å². The number of hydrogen-bond acceptors (Lipinski definition) is 4. The van der Waals surface area contributed by atoms with E-state index in [2.05, 4.69) is 5.32 Å². The maximum absolute atomic E-state index is 11.9. The number of halogens is 2. The molecular weight excluding hydrogens is 327 g/mol. The lowest BCUT2D eigenvalue weighted by molar-refractivity contribution is -0.384. The van der Waals surface area contributed by atoms with Gasteiger partial charge in [0.2, 0.25) is 0 Å². The number of hydrogen-bond donors (Lipinski definition) is 1. The minimum absolute atomic E-state index is 0.0279. The van der Waals surface area contributed by atoms with Crippen molar-refractivity contribution in [3.8, 4) is 0 Å². The molecule has 9 heteroatoms. The van der Waals surface area contributed by atoms with Gasteiger partial charge in [-0.15, -0.1) is 0 Å². The van der Waals surface area contributed by atoms with Crippen LogP contribution in [0.25, 0.3) is 0 Å². The number of nitro groups is 1. The van der Waals surface area contributed by atoms with Gasteiger partial charge in [0.05, 0.1) is 9.95 Å². The second-order valence-electron chi connectivity index (χ2n) is 4.07. The van der Waals surface area contributed by atoms with Gasteiger partial charge < -0.3 is 5.32 Å². The van der Waals surface area contributed by atoms with Crippen molar-refractivity contribution in [2.75, 3.05) is 12.8 Å². The van der Waals surface area contributed by atoms with Gasteiger partial charge in [-0.2, -0.15) is 0 Å². The summed E-state index contributed by atoms with van der Waals surface area (Å²) in [5, 5.41) is 12.8. The number of nitrogens with zero attached hydrogens (tertiary/aromatic N) is 1. The Hall–Kier alpha value is -1.18. The van der Waals surface area contributed by atoms with Crippen molar-refractivity contribution in [1.29, 1.82) is 0 Å². The molecule has 1 N–H and O–H groups in total. The van der Waals surface area contributed by atoms with Crippen LogP contribution in [0.1, 0.15) is 17.3 Å². The number of nitro benzene ring substituents is 1. The van der Waals surface area contributed by atoms with Crippen molar-refractivity contribution in [3.05, 3.63) is 37.9 Å². The highest BCUT2D eigenvalue weighted by Crippen LogP contribution is 2.32. The maximum atomic E-state index is 11.9. The Morgan fingerprint density at radius 2 is 2.10 bits per heavy atom. The van der Waals surface area contributed by atoms with Gasteiger partial charge in [0.1, 0.15) is 5.02 Å². The van der Waals surface area contributed by atoms with Crippen LogP contribution < -0.4 is 5.32 Å². The highest BCUT2D eigenvalue weighted by molar-refractivity contribution is 7.84. The van der Waals surface area contributed by atoms with Crippen LogP contribution in [-0.2, 0) is 10.8 Å². The lowest BCUT2D eigenvalue weighted by atomic mass is 10.2. The van der Waals surface area contributed by atoms with Crippen molar-refractivity contribution < 1.29 is 13.9 Å². The van der Waals surface area contributed by atoms with Crippen LogP contribution in [0.4, 0.5) is 5.69 Å². The third kappa shape index (κ3) is 4.16. The molecule has 0 heterocycles. The molecule has 0 saturated heterocycles. The standard InChI is InChI=1S/C11H12Cl2N2O4S/c1-6(20(2)19)5-14-11(16)7-3-8(12)10(13)9(4-7)15(17)18/h3-4,6H,5H2,1-2H3,(H,14,16). The lowest BCUT2D eigenvalue weighted by Crippen LogP contribution is -2.32. The summed E-state index contributed by atoms with van der Waals surface area (Å²) < 4.78 is 11.2. The number of rotatable bonds is 5. The summed E-state index contributed by atoms with van der Waals surface area (Å²) in [6, 6.07) is 2.30. The van der Waals surface area contributed by atoms with Gasteiger partial charge in [0, 0.05) is 40.5 Å². The van der Waals surface area contributed by atoms with Gasteiger partial charge in [0.25, 0.3) is 11.6 Å². The normalized spacial score (nSPS) is 13.6. The first-order valence-corrected chi connectivity index (χ1v) is 7.85. The van der Waals surface area contributed by atoms with Crippen molar-refractivity contribution >= 4 is 45.6 Å². The van der Waals surface area contributed by atoms with Crippen molar-refractivity contribution in [2.45, 2.75) is 12.2 Å². The number of carbonyl (C=O) groups excluding carboxylic acids is 1. The Bertz CT molecular complexity index is 580. The Morgan fingerprint density at radius 1 is 1.50 bits per heavy atom. The second kappa shape index (κ2) is 7.01. The fraction of sp³-hybridized carbons (Fsp3) is 0.364. The summed E-state index contributed by atoms with van der Waals surface area (Å²) in [5.74, 6) is -0.538. The van der Waals surface area contributed by atoms with E-state index in [1.165, 1.54) is 12.3 Å². The van der Waals surface area contributed by atoms with Gasteiger partial charge in [-0.1, -0.05) is 23.2 Å². The van der Waals surface area contributed by atoms with E-state index < -0.39 is 27.3 Å². The molecule has 0 aromatic heterocycles. The number of nitrogens with one attached hydrogen (secondary N) is 1. The zero-order chi connectivity index (χ0) is 15.4. The Kier molecular flexibility index (Phi) is 5.91. The van der Waals surface area contributed by atoms with Crippen LogP contribution >= 0.6 is 23.2 Å². The van der Waals surface area contributed by atoms with Gasteiger partial charge in [-0.25, -0.2) is 0 Å². The number of benzene rings is 1. The molecule has 0 aliphatic carbocycles. The average molecular weight is 339 g/mol. The summed E-state index contributed by atoms with van der Waals surface area (Å²) in [5.41, 5.74) is -0.406. The summed E-state index contributed by atoms with van der Waals surface area (Å²) in [4.78, 5) is 22.0. The summed E-state index contributed by atoms with van der Waals surface area (Å²) in [6.45, 7) is 1.91. The lowest BCUT2D eigenvalue weighted by Gasteiger charge is -2.10. The second-order valence-corrected chi connectivity index (χ2v) is 6.65. The molecule has 20 heavy (non-hydrogen) atoms. The Balaban J connectivity index is 2.94. The number of carbonyl (C=O) groups is 1.